The number of carbonyl (C=O) groups is 2. The average Bonchev–Trinajstić information content (AvgIpc) is 3.39. The van der Waals surface area contributed by atoms with Crippen LogP contribution in [0.4, 0.5) is 5.69 Å². The minimum atomic E-state index is -0.547. The van der Waals surface area contributed by atoms with Gasteiger partial charge in [-0.05, 0) is 65.7 Å². The van der Waals surface area contributed by atoms with Gasteiger partial charge in [0.15, 0.2) is 0 Å². The molecule has 0 unspecified atom stereocenters. The third-order valence-electron chi connectivity index (χ3n) is 6.14. The molecule has 0 aliphatic carbocycles. The maximum atomic E-state index is 12.9. The lowest BCUT2D eigenvalue weighted by molar-refractivity contribution is -0.114. The molecule has 0 saturated heterocycles. The number of methoxy groups -OCH3 is 2. The molecule has 8 heteroatoms. The van der Waals surface area contributed by atoms with Crippen LogP contribution in [0.25, 0.3) is 0 Å². The van der Waals surface area contributed by atoms with E-state index in [-0.39, 0.29) is 12.7 Å². The van der Waals surface area contributed by atoms with Crippen molar-refractivity contribution in [2.75, 3.05) is 25.8 Å². The molecule has 3 aromatic rings. The summed E-state index contributed by atoms with van der Waals surface area (Å²) in [5, 5.41) is 6.77. The van der Waals surface area contributed by atoms with E-state index in [2.05, 4.69) is 15.9 Å². The number of halogens is 1. The van der Waals surface area contributed by atoms with Gasteiger partial charge in [0.05, 0.1) is 37.2 Å². The lowest BCUT2D eigenvalue weighted by Crippen LogP contribution is -2.39. The van der Waals surface area contributed by atoms with Crippen molar-refractivity contribution in [1.82, 2.24) is 5.01 Å². The quantitative estimate of drug-likeness (QED) is 0.437. The van der Waals surface area contributed by atoms with Gasteiger partial charge in [0, 0.05) is 10.9 Å². The predicted molar refractivity (Wildman–Crippen MR) is 133 cm³/mol. The van der Waals surface area contributed by atoms with Crippen LogP contribution in [0.15, 0.2) is 76.3 Å². The first kappa shape index (κ1) is 22.2. The molecule has 3 aromatic carbocycles. The second-order valence-electron chi connectivity index (χ2n) is 8.07. The third-order valence-corrected chi connectivity index (χ3v) is 6.63. The molecule has 7 nitrogen and oxygen atoms in total. The van der Waals surface area contributed by atoms with Crippen molar-refractivity contribution in [3.05, 3.63) is 87.9 Å². The van der Waals surface area contributed by atoms with Crippen LogP contribution in [0.1, 0.15) is 33.9 Å². The number of nitrogens with zero attached hydrogens (tertiary/aromatic N) is 3. The molecule has 0 bridgehead atoms. The topological polar surface area (TPSA) is 71.4 Å². The molecule has 5 rings (SSSR count). The highest BCUT2D eigenvalue weighted by Crippen LogP contribution is 2.37. The van der Waals surface area contributed by atoms with E-state index in [0.717, 1.165) is 32.8 Å². The molecule has 0 aromatic heterocycles. The molecule has 0 N–H and O–H groups in total. The number of anilines is 1. The Bertz CT molecular complexity index is 1290. The number of hydrogen-bond acceptors (Lipinski definition) is 6. The molecule has 2 aliphatic rings. The number of amides is 1. The van der Waals surface area contributed by atoms with Gasteiger partial charge in [-0.1, -0.05) is 28.1 Å². The summed E-state index contributed by atoms with van der Waals surface area (Å²) >= 11 is 3.38. The van der Waals surface area contributed by atoms with Gasteiger partial charge in [-0.25, -0.2) is 0 Å². The largest absolute Gasteiger partial charge is 0.497 e. The number of rotatable bonds is 6. The van der Waals surface area contributed by atoms with Gasteiger partial charge in [-0.3, -0.25) is 19.5 Å². The van der Waals surface area contributed by atoms with Crippen LogP contribution in [-0.2, 0) is 4.79 Å². The number of hydrogen-bond donors (Lipinski definition) is 0. The van der Waals surface area contributed by atoms with Gasteiger partial charge in [0.2, 0.25) is 0 Å². The fourth-order valence-corrected chi connectivity index (χ4v) is 4.68. The zero-order chi connectivity index (χ0) is 23.8. The van der Waals surface area contributed by atoms with Crippen LogP contribution in [0.3, 0.4) is 0 Å². The first-order valence-electron chi connectivity index (χ1n) is 10.8. The fourth-order valence-electron chi connectivity index (χ4n) is 4.32. The third kappa shape index (κ3) is 3.94. The summed E-state index contributed by atoms with van der Waals surface area (Å²) in [4.78, 5) is 27.0. The number of ether oxygens (including phenoxy) is 2. The molecular formula is C26H22BrN3O4. The average molecular weight is 520 g/mol. The van der Waals surface area contributed by atoms with Crippen LogP contribution >= 0.6 is 15.9 Å². The van der Waals surface area contributed by atoms with Crippen LogP contribution in [0, 0.1) is 0 Å². The smallest absolute Gasteiger partial charge is 0.301 e. The summed E-state index contributed by atoms with van der Waals surface area (Å²) in [6.45, 7) is 0.162. The van der Waals surface area contributed by atoms with E-state index < -0.39 is 11.7 Å². The Labute approximate surface area is 205 Å². The van der Waals surface area contributed by atoms with Crippen LogP contribution in [-0.4, -0.2) is 43.3 Å². The second-order valence-corrected chi connectivity index (χ2v) is 8.99. The summed E-state index contributed by atoms with van der Waals surface area (Å²) in [7, 11) is 3.27. The molecule has 0 fully saturated rings. The van der Waals surface area contributed by atoms with Crippen molar-refractivity contribution in [3.63, 3.8) is 0 Å². The number of Topliss-reactive ketones (excluding diaryl/α,β-unsaturated/α-hetero) is 1. The van der Waals surface area contributed by atoms with Gasteiger partial charge in [-0.15, -0.1) is 0 Å². The van der Waals surface area contributed by atoms with Crippen LogP contribution < -0.4 is 14.4 Å². The van der Waals surface area contributed by atoms with E-state index in [1.165, 1.54) is 4.90 Å². The van der Waals surface area contributed by atoms with Crippen molar-refractivity contribution in [2.45, 2.75) is 12.5 Å². The van der Waals surface area contributed by atoms with Crippen molar-refractivity contribution >= 4 is 39.0 Å². The van der Waals surface area contributed by atoms with E-state index >= 15 is 0 Å². The predicted octanol–water partition coefficient (Wildman–Crippen LogP) is 4.80. The van der Waals surface area contributed by atoms with Gasteiger partial charge in [0.1, 0.15) is 18.2 Å². The highest BCUT2D eigenvalue weighted by Gasteiger charge is 2.39. The summed E-state index contributed by atoms with van der Waals surface area (Å²) in [6, 6.07) is 20.8. The Hall–Kier alpha value is -3.65. The van der Waals surface area contributed by atoms with E-state index in [1.54, 1.807) is 26.4 Å². The van der Waals surface area contributed by atoms with Crippen LogP contribution in [0.2, 0.25) is 0 Å². The number of fused-ring (bicyclic) bond motifs is 1. The van der Waals surface area contributed by atoms with Gasteiger partial charge in [0.25, 0.3) is 5.78 Å². The SMILES string of the molecule is COc1ccc(C2=NN(CN3C(=O)C(=O)c4cc(Br)ccc43)[C@@H](c3ccc(OC)cc3)C2)cc1. The van der Waals surface area contributed by atoms with E-state index in [4.69, 9.17) is 14.6 Å². The molecule has 1 atom stereocenters. The molecule has 0 saturated carbocycles. The number of ketones is 1. The Morgan fingerprint density at radius 3 is 2.24 bits per heavy atom. The van der Waals surface area contributed by atoms with Crippen molar-refractivity contribution in [3.8, 4) is 11.5 Å². The van der Waals surface area contributed by atoms with Gasteiger partial charge < -0.3 is 9.47 Å². The molecule has 34 heavy (non-hydrogen) atoms. The molecule has 0 radical (unpaired) electrons. The van der Waals surface area contributed by atoms with Gasteiger partial charge >= 0.3 is 5.91 Å². The first-order chi connectivity index (χ1) is 16.5. The normalized spacial score (nSPS) is 17.1. The van der Waals surface area contributed by atoms with E-state index in [0.29, 0.717) is 17.7 Å². The summed E-state index contributed by atoms with van der Waals surface area (Å²) in [5.41, 5.74) is 3.92. The monoisotopic (exact) mass is 519 g/mol. The van der Waals surface area contributed by atoms with Gasteiger partial charge in [-0.2, -0.15) is 5.10 Å². The summed E-state index contributed by atoms with van der Waals surface area (Å²) in [6.07, 6.45) is 0.655. The Balaban J connectivity index is 1.50. The van der Waals surface area contributed by atoms with E-state index in [1.807, 2.05) is 59.6 Å². The maximum absolute atomic E-state index is 12.9. The first-order valence-corrected chi connectivity index (χ1v) is 11.6. The Morgan fingerprint density at radius 1 is 0.941 bits per heavy atom. The van der Waals surface area contributed by atoms with Crippen molar-refractivity contribution < 1.29 is 19.1 Å². The fraction of sp³-hybridized carbons (Fsp3) is 0.192. The molecule has 1 amide bonds. The van der Waals surface area contributed by atoms with Crippen molar-refractivity contribution in [1.29, 1.82) is 0 Å². The summed E-state index contributed by atoms with van der Waals surface area (Å²) in [5.74, 6) is 0.491. The Morgan fingerprint density at radius 2 is 1.59 bits per heavy atom. The minimum absolute atomic E-state index is 0.106. The Kier molecular flexibility index (Phi) is 5.83. The zero-order valence-electron chi connectivity index (χ0n) is 18.7. The van der Waals surface area contributed by atoms with Crippen molar-refractivity contribution in [2.24, 2.45) is 5.10 Å². The second kappa shape index (κ2) is 8.95. The molecule has 2 heterocycles. The molecule has 2 aliphatic heterocycles. The molecule has 172 valence electrons. The number of carbonyl (C=O) groups excluding carboxylic acids is 2. The number of hydrazone groups is 1. The zero-order valence-corrected chi connectivity index (χ0v) is 20.3. The van der Waals surface area contributed by atoms with E-state index in [9.17, 15) is 9.59 Å². The highest BCUT2D eigenvalue weighted by atomic mass is 79.9. The standard InChI is InChI=1S/C26H22BrN3O4/c1-33-19-8-3-16(4-9-19)22-14-24(17-5-10-20(34-2)11-6-17)30(28-22)15-29-23-12-7-18(27)13-21(23)25(31)26(29)32/h3-13,24H,14-15H2,1-2H3/t24-/m1/s1. The lowest BCUT2D eigenvalue weighted by atomic mass is 9.98. The molecule has 0 spiro atoms. The summed E-state index contributed by atoms with van der Waals surface area (Å²) < 4.78 is 11.3. The number of benzene rings is 3. The molecular weight excluding hydrogens is 498 g/mol. The lowest BCUT2D eigenvalue weighted by Gasteiger charge is -2.28. The van der Waals surface area contributed by atoms with Crippen LogP contribution in [0.5, 0.6) is 11.5 Å². The maximum Gasteiger partial charge on any atom is 0.301 e. The highest BCUT2D eigenvalue weighted by molar-refractivity contribution is 9.10. The minimum Gasteiger partial charge on any atom is -0.497 e.